The summed E-state index contributed by atoms with van der Waals surface area (Å²) in [5.41, 5.74) is 2.02. The molecule has 2 amide bonds. The van der Waals surface area contributed by atoms with Crippen LogP contribution in [0.15, 0.2) is 70.0 Å². The van der Waals surface area contributed by atoms with Crippen LogP contribution in [-0.2, 0) is 14.8 Å². The molecule has 1 aromatic heterocycles. The van der Waals surface area contributed by atoms with Crippen LogP contribution in [0.4, 0.5) is 5.69 Å². The highest BCUT2D eigenvalue weighted by Crippen LogP contribution is 2.36. The Morgan fingerprint density at radius 3 is 2.56 bits per heavy atom. The number of carbonyl (C=O) groups is 2. The molecule has 0 atom stereocenters. The number of carbonyl (C=O) groups excluding carboxylic acids is 2. The van der Waals surface area contributed by atoms with Crippen LogP contribution in [-0.4, -0.2) is 51.3 Å². The molecule has 1 aliphatic rings. The summed E-state index contributed by atoms with van der Waals surface area (Å²) in [5.74, 6) is -0.314. The normalized spacial score (nSPS) is 14.8. The van der Waals surface area contributed by atoms with Gasteiger partial charge in [-0.1, -0.05) is 18.2 Å². The van der Waals surface area contributed by atoms with Gasteiger partial charge in [-0.15, -0.1) is 0 Å². The second-order valence-corrected chi connectivity index (χ2v) is 9.75. The van der Waals surface area contributed by atoms with Gasteiger partial charge in [0.25, 0.3) is 5.91 Å². The summed E-state index contributed by atoms with van der Waals surface area (Å²) in [6, 6.07) is 16.7. The first-order valence-electron chi connectivity index (χ1n) is 10.5. The van der Waals surface area contributed by atoms with Crippen molar-refractivity contribution in [1.82, 2.24) is 9.62 Å². The molecule has 1 fully saturated rings. The van der Waals surface area contributed by atoms with Gasteiger partial charge < -0.3 is 19.8 Å². The van der Waals surface area contributed by atoms with Gasteiger partial charge in [0.05, 0.1) is 24.2 Å². The van der Waals surface area contributed by atoms with Crippen LogP contribution in [0.3, 0.4) is 0 Å². The minimum Gasteiger partial charge on any atom is -0.495 e. The Hall–Kier alpha value is -3.89. The smallest absolute Gasteiger partial charge is 0.255 e. The van der Waals surface area contributed by atoms with Crippen molar-refractivity contribution in [3.8, 4) is 5.75 Å². The monoisotopic (exact) mass is 479 g/mol. The molecule has 174 valence electrons. The fourth-order valence-electron chi connectivity index (χ4n) is 3.96. The number of anilines is 1. The Balaban J connectivity index is 1.40. The van der Waals surface area contributed by atoms with Gasteiger partial charge in [-0.3, -0.25) is 9.59 Å². The van der Waals surface area contributed by atoms with E-state index in [9.17, 15) is 18.0 Å². The number of amides is 2. The molecule has 34 heavy (non-hydrogen) atoms. The van der Waals surface area contributed by atoms with Gasteiger partial charge in [0.2, 0.25) is 15.9 Å². The summed E-state index contributed by atoms with van der Waals surface area (Å²) in [5, 5.41) is 7.21. The Morgan fingerprint density at radius 1 is 1.06 bits per heavy atom. The van der Waals surface area contributed by atoms with Gasteiger partial charge in [-0.05, 0) is 36.4 Å². The van der Waals surface area contributed by atoms with Crippen molar-refractivity contribution in [3.63, 3.8) is 0 Å². The van der Waals surface area contributed by atoms with Crippen LogP contribution < -0.4 is 15.4 Å². The first kappa shape index (κ1) is 21.9. The van der Waals surface area contributed by atoms with E-state index < -0.39 is 15.9 Å². The average Bonchev–Trinajstić information content (AvgIpc) is 3.21. The summed E-state index contributed by atoms with van der Waals surface area (Å²) in [7, 11) is -2.32. The number of ether oxygens (including phenoxy) is 1. The number of sulfonamides is 1. The van der Waals surface area contributed by atoms with Gasteiger partial charge in [0.15, 0.2) is 0 Å². The van der Waals surface area contributed by atoms with Crippen LogP contribution >= 0.6 is 0 Å². The van der Waals surface area contributed by atoms with E-state index in [4.69, 9.17) is 9.15 Å². The number of fused-ring (bicyclic) bond motifs is 3. The maximum Gasteiger partial charge on any atom is 0.255 e. The molecule has 0 aliphatic carbocycles. The Morgan fingerprint density at radius 2 is 1.82 bits per heavy atom. The number of nitrogens with one attached hydrogen (secondary N) is 2. The molecular formula is C24H21N3O6S. The standard InChI is InChI=1S/C24H21N3O6S/c1-32-22-12-18-17-4-2-3-5-20(17)33-21(18)13-19(22)26-24(29)15-6-8-16(9-7-15)34(30,31)27-11-10-25-23(28)14-27/h2-9,12-13H,10-11,14H2,1H3,(H,25,28)(H,26,29). The number of benzene rings is 3. The van der Waals surface area contributed by atoms with Crippen molar-refractivity contribution < 1.29 is 27.2 Å². The van der Waals surface area contributed by atoms with Crippen LogP contribution in [0, 0.1) is 0 Å². The van der Waals surface area contributed by atoms with E-state index >= 15 is 0 Å². The SMILES string of the molecule is COc1cc2c(cc1NC(=O)c1ccc(S(=O)(=O)N3CCNC(=O)C3)cc1)oc1ccccc12. The summed E-state index contributed by atoms with van der Waals surface area (Å²) >= 11 is 0. The maximum atomic E-state index is 12.9. The lowest BCUT2D eigenvalue weighted by atomic mass is 10.1. The lowest BCUT2D eigenvalue weighted by Gasteiger charge is -2.25. The van der Waals surface area contributed by atoms with E-state index in [2.05, 4.69) is 10.6 Å². The summed E-state index contributed by atoms with van der Waals surface area (Å²) in [6.45, 7) is 0.227. The molecule has 0 saturated carbocycles. The van der Waals surface area contributed by atoms with Crippen molar-refractivity contribution in [2.75, 3.05) is 32.1 Å². The zero-order chi connectivity index (χ0) is 23.9. The third kappa shape index (κ3) is 3.87. The molecule has 0 radical (unpaired) electrons. The number of rotatable bonds is 5. The average molecular weight is 480 g/mol. The van der Waals surface area contributed by atoms with Crippen molar-refractivity contribution in [2.24, 2.45) is 0 Å². The minimum atomic E-state index is -3.84. The fourth-order valence-corrected chi connectivity index (χ4v) is 5.36. The van der Waals surface area contributed by atoms with E-state index in [1.54, 1.807) is 12.1 Å². The van der Waals surface area contributed by atoms with Crippen LogP contribution in [0.5, 0.6) is 5.75 Å². The highest BCUT2D eigenvalue weighted by atomic mass is 32.2. The number of para-hydroxylation sites is 1. The predicted molar refractivity (Wildman–Crippen MR) is 126 cm³/mol. The number of furan rings is 1. The highest BCUT2D eigenvalue weighted by molar-refractivity contribution is 7.89. The maximum absolute atomic E-state index is 12.9. The Kier molecular flexibility index (Phi) is 5.46. The molecule has 1 saturated heterocycles. The van der Waals surface area contributed by atoms with Crippen molar-refractivity contribution in [1.29, 1.82) is 0 Å². The molecule has 0 spiro atoms. The summed E-state index contributed by atoms with van der Waals surface area (Å²) < 4.78 is 38.1. The molecule has 5 rings (SSSR count). The number of piperazine rings is 1. The van der Waals surface area contributed by atoms with Gasteiger partial charge >= 0.3 is 0 Å². The summed E-state index contributed by atoms with van der Waals surface area (Å²) in [6.07, 6.45) is 0. The molecular weight excluding hydrogens is 458 g/mol. The van der Waals surface area contributed by atoms with Crippen molar-refractivity contribution >= 4 is 49.5 Å². The quantitative estimate of drug-likeness (QED) is 0.454. The van der Waals surface area contributed by atoms with Gasteiger partial charge in [0, 0.05) is 35.5 Å². The third-order valence-electron chi connectivity index (χ3n) is 5.70. The zero-order valence-electron chi connectivity index (χ0n) is 18.2. The molecule has 2 N–H and O–H groups in total. The largest absolute Gasteiger partial charge is 0.495 e. The Labute approximate surface area is 195 Å². The highest BCUT2D eigenvalue weighted by Gasteiger charge is 2.29. The van der Waals surface area contributed by atoms with Gasteiger partial charge in [-0.25, -0.2) is 8.42 Å². The first-order chi connectivity index (χ1) is 16.4. The minimum absolute atomic E-state index is 0.0139. The van der Waals surface area contributed by atoms with Gasteiger partial charge in [0.1, 0.15) is 16.9 Å². The molecule has 4 aromatic rings. The van der Waals surface area contributed by atoms with E-state index in [-0.39, 0.29) is 36.0 Å². The molecule has 0 unspecified atom stereocenters. The topological polar surface area (TPSA) is 118 Å². The van der Waals surface area contributed by atoms with Crippen LogP contribution in [0.1, 0.15) is 10.4 Å². The lowest BCUT2D eigenvalue weighted by molar-refractivity contribution is -0.122. The second kappa shape index (κ2) is 8.47. The molecule has 3 aromatic carbocycles. The number of hydrogen-bond donors (Lipinski definition) is 2. The van der Waals surface area contributed by atoms with Crippen molar-refractivity contribution in [2.45, 2.75) is 4.90 Å². The molecule has 1 aliphatic heterocycles. The summed E-state index contributed by atoms with van der Waals surface area (Å²) in [4.78, 5) is 24.5. The number of hydrogen-bond acceptors (Lipinski definition) is 6. The van der Waals surface area contributed by atoms with Crippen LogP contribution in [0.2, 0.25) is 0 Å². The number of methoxy groups -OCH3 is 1. The Bertz CT molecular complexity index is 1530. The number of nitrogens with zero attached hydrogens (tertiary/aromatic N) is 1. The van der Waals surface area contributed by atoms with E-state index in [0.717, 1.165) is 20.7 Å². The zero-order valence-corrected chi connectivity index (χ0v) is 19.0. The molecule has 9 nitrogen and oxygen atoms in total. The van der Waals surface area contributed by atoms with E-state index in [1.807, 2.05) is 24.3 Å². The fraction of sp³-hybridized carbons (Fsp3) is 0.167. The lowest BCUT2D eigenvalue weighted by Crippen LogP contribution is -2.49. The molecule has 10 heteroatoms. The van der Waals surface area contributed by atoms with Crippen LogP contribution in [0.25, 0.3) is 21.9 Å². The van der Waals surface area contributed by atoms with Crippen molar-refractivity contribution in [3.05, 3.63) is 66.2 Å². The third-order valence-corrected chi connectivity index (χ3v) is 7.56. The molecule has 2 heterocycles. The van der Waals surface area contributed by atoms with Gasteiger partial charge in [-0.2, -0.15) is 4.31 Å². The predicted octanol–water partition coefficient (Wildman–Crippen LogP) is 2.97. The first-order valence-corrected chi connectivity index (χ1v) is 12.0. The second-order valence-electron chi connectivity index (χ2n) is 7.81. The van der Waals surface area contributed by atoms with E-state index in [1.165, 1.54) is 31.4 Å². The van der Waals surface area contributed by atoms with E-state index in [0.29, 0.717) is 17.0 Å². The molecule has 0 bridgehead atoms.